The number of likely N-dealkylation sites (N-methyl/N-ethyl adjacent to an activating group) is 1. The van der Waals surface area contributed by atoms with Crippen LogP contribution in [0.25, 0.3) is 0 Å². The van der Waals surface area contributed by atoms with Gasteiger partial charge in [0.05, 0.1) is 5.41 Å². The van der Waals surface area contributed by atoms with E-state index in [2.05, 4.69) is 16.8 Å². The van der Waals surface area contributed by atoms with Crippen LogP contribution >= 0.6 is 0 Å². The third-order valence-electron chi connectivity index (χ3n) is 5.00. The van der Waals surface area contributed by atoms with Crippen LogP contribution in [0.4, 0.5) is 11.4 Å². The Kier molecular flexibility index (Phi) is 3.87. The van der Waals surface area contributed by atoms with Gasteiger partial charge in [0.15, 0.2) is 0 Å². The molecule has 1 fully saturated rings. The van der Waals surface area contributed by atoms with Gasteiger partial charge in [0, 0.05) is 50.6 Å². The normalized spacial score (nSPS) is 22.1. The van der Waals surface area contributed by atoms with Gasteiger partial charge >= 0.3 is 0 Å². The summed E-state index contributed by atoms with van der Waals surface area (Å²) in [5, 5.41) is 0. The Hall–Kier alpha value is -1.59. The Morgan fingerprint density at radius 2 is 1.82 bits per heavy atom. The van der Waals surface area contributed by atoms with E-state index in [4.69, 9.17) is 5.73 Å². The highest BCUT2D eigenvalue weighted by molar-refractivity contribution is 6.07. The van der Waals surface area contributed by atoms with E-state index in [-0.39, 0.29) is 5.91 Å². The average molecular weight is 302 g/mol. The van der Waals surface area contributed by atoms with Crippen LogP contribution in [-0.4, -0.2) is 62.0 Å². The van der Waals surface area contributed by atoms with Gasteiger partial charge in [0.2, 0.25) is 5.91 Å². The number of carbonyl (C=O) groups excluding carboxylic acids is 1. The van der Waals surface area contributed by atoms with Crippen LogP contribution in [-0.2, 0) is 10.2 Å². The molecule has 0 aliphatic carbocycles. The summed E-state index contributed by atoms with van der Waals surface area (Å²) in [5.74, 6) is 0.183. The van der Waals surface area contributed by atoms with E-state index < -0.39 is 5.41 Å². The van der Waals surface area contributed by atoms with Crippen molar-refractivity contribution < 1.29 is 4.79 Å². The number of benzene rings is 1. The molecule has 0 bridgehead atoms. The predicted molar refractivity (Wildman–Crippen MR) is 90.2 cm³/mol. The van der Waals surface area contributed by atoms with Crippen molar-refractivity contribution in [2.75, 3.05) is 56.9 Å². The molecule has 0 radical (unpaired) electrons. The molecule has 2 N–H and O–H groups in total. The molecule has 2 heterocycles. The molecule has 0 atom stereocenters. The molecule has 0 saturated carbocycles. The molecule has 3 rings (SSSR count). The number of nitrogens with zero attached hydrogens (tertiary/aromatic N) is 3. The lowest BCUT2D eigenvalue weighted by atomic mass is 9.86. The van der Waals surface area contributed by atoms with Crippen molar-refractivity contribution in [3.63, 3.8) is 0 Å². The lowest BCUT2D eigenvalue weighted by molar-refractivity contribution is -0.122. The van der Waals surface area contributed by atoms with Crippen LogP contribution in [0.3, 0.4) is 0 Å². The van der Waals surface area contributed by atoms with Gasteiger partial charge in [0.1, 0.15) is 0 Å². The summed E-state index contributed by atoms with van der Waals surface area (Å²) in [6.45, 7) is 10.0. The average Bonchev–Trinajstić information content (AvgIpc) is 2.67. The fourth-order valence-electron chi connectivity index (χ4n) is 3.39. The molecular weight excluding hydrogens is 276 g/mol. The first-order chi connectivity index (χ1) is 10.4. The van der Waals surface area contributed by atoms with E-state index in [1.165, 1.54) is 0 Å². The SMILES string of the molecule is CN1CCN(CCN2C(=O)C(C)(C)c3cc(N)ccc32)CC1. The topological polar surface area (TPSA) is 52.8 Å². The lowest BCUT2D eigenvalue weighted by Gasteiger charge is -2.33. The second-order valence-corrected chi connectivity index (χ2v) is 7.00. The van der Waals surface area contributed by atoms with Crippen molar-refractivity contribution in [2.45, 2.75) is 19.3 Å². The van der Waals surface area contributed by atoms with E-state index in [0.29, 0.717) is 0 Å². The standard InChI is InChI=1S/C17H26N4O/c1-17(2)14-12-13(18)4-5-15(14)21(16(17)22)11-10-20-8-6-19(3)7-9-20/h4-5,12H,6-11,18H2,1-3H3. The third-order valence-corrected chi connectivity index (χ3v) is 5.00. The van der Waals surface area contributed by atoms with Gasteiger partial charge in [0.25, 0.3) is 0 Å². The van der Waals surface area contributed by atoms with Crippen LogP contribution in [0.1, 0.15) is 19.4 Å². The number of piperazine rings is 1. The third kappa shape index (κ3) is 2.59. The molecule has 1 aromatic carbocycles. The van der Waals surface area contributed by atoms with Crippen LogP contribution < -0.4 is 10.6 Å². The molecular formula is C17H26N4O. The molecule has 2 aliphatic heterocycles. The number of anilines is 2. The van der Waals surface area contributed by atoms with Gasteiger partial charge in [-0.1, -0.05) is 0 Å². The Morgan fingerprint density at radius 1 is 1.14 bits per heavy atom. The molecule has 1 amide bonds. The minimum atomic E-state index is -0.479. The van der Waals surface area contributed by atoms with Gasteiger partial charge in [-0.05, 0) is 44.7 Å². The summed E-state index contributed by atoms with van der Waals surface area (Å²) in [4.78, 5) is 19.5. The van der Waals surface area contributed by atoms with Gasteiger partial charge in [-0.2, -0.15) is 0 Å². The van der Waals surface area contributed by atoms with Crippen LogP contribution in [0.15, 0.2) is 18.2 Å². The maximum Gasteiger partial charge on any atom is 0.237 e. The minimum Gasteiger partial charge on any atom is -0.399 e. The second-order valence-electron chi connectivity index (χ2n) is 7.00. The number of hydrogen-bond donors (Lipinski definition) is 1. The summed E-state index contributed by atoms with van der Waals surface area (Å²) in [5.41, 5.74) is 8.23. The Balaban J connectivity index is 1.73. The van der Waals surface area contributed by atoms with E-state index in [1.807, 2.05) is 36.9 Å². The molecule has 1 aromatic rings. The van der Waals surface area contributed by atoms with Crippen molar-refractivity contribution in [3.8, 4) is 0 Å². The number of carbonyl (C=O) groups is 1. The minimum absolute atomic E-state index is 0.183. The highest BCUT2D eigenvalue weighted by Crippen LogP contribution is 2.42. The number of rotatable bonds is 3. The Morgan fingerprint density at radius 3 is 2.50 bits per heavy atom. The van der Waals surface area contributed by atoms with Gasteiger partial charge < -0.3 is 15.5 Å². The highest BCUT2D eigenvalue weighted by atomic mass is 16.2. The predicted octanol–water partition coefficient (Wildman–Crippen LogP) is 1.14. The Labute approximate surface area is 132 Å². The van der Waals surface area contributed by atoms with Crippen molar-refractivity contribution >= 4 is 17.3 Å². The molecule has 2 aliphatic rings. The zero-order valence-electron chi connectivity index (χ0n) is 13.8. The number of fused-ring (bicyclic) bond motifs is 1. The summed E-state index contributed by atoms with van der Waals surface area (Å²) in [6.07, 6.45) is 0. The van der Waals surface area contributed by atoms with Crippen LogP contribution in [0, 0.1) is 0 Å². The molecule has 22 heavy (non-hydrogen) atoms. The number of nitrogens with two attached hydrogens (primary N) is 1. The fourth-order valence-corrected chi connectivity index (χ4v) is 3.39. The summed E-state index contributed by atoms with van der Waals surface area (Å²) < 4.78 is 0. The first kappa shape index (κ1) is 15.3. The summed E-state index contributed by atoms with van der Waals surface area (Å²) in [7, 11) is 2.16. The van der Waals surface area contributed by atoms with Crippen molar-refractivity contribution in [2.24, 2.45) is 0 Å². The molecule has 0 unspecified atom stereocenters. The van der Waals surface area contributed by atoms with Gasteiger partial charge in [-0.15, -0.1) is 0 Å². The van der Waals surface area contributed by atoms with E-state index >= 15 is 0 Å². The van der Waals surface area contributed by atoms with E-state index in [9.17, 15) is 4.79 Å². The second kappa shape index (κ2) is 5.56. The number of hydrogen-bond acceptors (Lipinski definition) is 4. The first-order valence-electron chi connectivity index (χ1n) is 8.02. The molecule has 0 spiro atoms. The number of amides is 1. The van der Waals surface area contributed by atoms with E-state index in [0.717, 1.165) is 56.2 Å². The van der Waals surface area contributed by atoms with Crippen LogP contribution in [0.5, 0.6) is 0 Å². The van der Waals surface area contributed by atoms with Crippen molar-refractivity contribution in [1.82, 2.24) is 9.80 Å². The fraction of sp³-hybridized carbons (Fsp3) is 0.588. The maximum absolute atomic E-state index is 12.8. The molecule has 0 aromatic heterocycles. The van der Waals surface area contributed by atoms with Gasteiger partial charge in [-0.3, -0.25) is 9.69 Å². The zero-order valence-corrected chi connectivity index (χ0v) is 13.8. The smallest absolute Gasteiger partial charge is 0.237 e. The number of nitrogen functional groups attached to an aromatic ring is 1. The first-order valence-corrected chi connectivity index (χ1v) is 8.02. The van der Waals surface area contributed by atoms with Crippen molar-refractivity contribution in [1.29, 1.82) is 0 Å². The van der Waals surface area contributed by atoms with E-state index in [1.54, 1.807) is 0 Å². The Bertz CT molecular complexity index is 576. The monoisotopic (exact) mass is 302 g/mol. The molecule has 120 valence electrons. The maximum atomic E-state index is 12.8. The summed E-state index contributed by atoms with van der Waals surface area (Å²) >= 11 is 0. The molecule has 5 nitrogen and oxygen atoms in total. The summed E-state index contributed by atoms with van der Waals surface area (Å²) in [6, 6.07) is 5.82. The lowest BCUT2D eigenvalue weighted by Crippen LogP contribution is -2.48. The van der Waals surface area contributed by atoms with Gasteiger partial charge in [-0.25, -0.2) is 0 Å². The highest BCUT2D eigenvalue weighted by Gasteiger charge is 2.43. The van der Waals surface area contributed by atoms with Crippen molar-refractivity contribution in [3.05, 3.63) is 23.8 Å². The zero-order chi connectivity index (χ0) is 15.9. The quantitative estimate of drug-likeness (QED) is 0.851. The molecule has 1 saturated heterocycles. The molecule has 5 heteroatoms. The van der Waals surface area contributed by atoms with Crippen LogP contribution in [0.2, 0.25) is 0 Å². The largest absolute Gasteiger partial charge is 0.399 e.